The summed E-state index contributed by atoms with van der Waals surface area (Å²) in [4.78, 5) is 24.4. The average molecular weight is 494 g/mol. The molecule has 2 aliphatic heterocycles. The molecule has 1 spiro atoms. The number of carbonyl (C=O) groups is 1. The first-order chi connectivity index (χ1) is 17.1. The highest BCUT2D eigenvalue weighted by molar-refractivity contribution is 5.95. The molecule has 3 aromatic rings. The summed E-state index contributed by atoms with van der Waals surface area (Å²) in [5.74, 6) is -3.57. The normalized spacial score (nSPS) is 21.8. The summed E-state index contributed by atoms with van der Waals surface area (Å²) in [6.45, 7) is 1.93. The van der Waals surface area contributed by atoms with Crippen molar-refractivity contribution in [3.8, 4) is 28.7 Å². The second kappa shape index (κ2) is 7.41. The van der Waals surface area contributed by atoms with Gasteiger partial charge in [0.25, 0.3) is 5.79 Å². The van der Waals surface area contributed by atoms with E-state index in [1.807, 2.05) is 13.0 Å². The molecule has 0 amide bonds. The first-order valence-corrected chi connectivity index (χ1v) is 11.3. The maximum absolute atomic E-state index is 12.6. The molecule has 10 nitrogen and oxygen atoms in total. The van der Waals surface area contributed by atoms with Crippen molar-refractivity contribution in [3.05, 3.63) is 62.2 Å². The van der Waals surface area contributed by atoms with Crippen LogP contribution in [0.1, 0.15) is 52.3 Å². The minimum absolute atomic E-state index is 0.000953. The molecule has 0 saturated carbocycles. The molecule has 4 N–H and O–H groups in total. The molecule has 3 heterocycles. The predicted octanol–water partition coefficient (Wildman–Crippen LogP) is 2.89. The van der Waals surface area contributed by atoms with Gasteiger partial charge in [0.1, 0.15) is 11.1 Å². The maximum Gasteiger partial charge on any atom is 0.374 e. The van der Waals surface area contributed by atoms with Gasteiger partial charge in [-0.05, 0) is 37.3 Å². The van der Waals surface area contributed by atoms with Gasteiger partial charge < -0.3 is 39.1 Å². The highest BCUT2D eigenvalue weighted by Gasteiger charge is 2.51. The van der Waals surface area contributed by atoms with Gasteiger partial charge in [0.05, 0.1) is 26.1 Å². The van der Waals surface area contributed by atoms with Gasteiger partial charge in [-0.2, -0.15) is 0 Å². The van der Waals surface area contributed by atoms with Gasteiger partial charge in [-0.3, -0.25) is 0 Å². The molecule has 186 valence electrons. The molecule has 0 fully saturated rings. The number of hydrogen-bond donors (Lipinski definition) is 4. The van der Waals surface area contributed by atoms with Crippen molar-refractivity contribution in [2.75, 3.05) is 7.11 Å². The van der Waals surface area contributed by atoms with Crippen molar-refractivity contribution < 1.29 is 43.8 Å². The summed E-state index contributed by atoms with van der Waals surface area (Å²) in [6.07, 6.45) is 1.60. The summed E-state index contributed by atoms with van der Waals surface area (Å²) >= 11 is 0. The Morgan fingerprint density at radius 2 is 1.81 bits per heavy atom. The first kappa shape index (κ1) is 22.3. The number of fused-ring (bicyclic) bond motifs is 4. The lowest BCUT2D eigenvalue weighted by atomic mass is 9.87. The van der Waals surface area contributed by atoms with Crippen LogP contribution in [0.4, 0.5) is 0 Å². The van der Waals surface area contributed by atoms with Crippen LogP contribution in [-0.2, 0) is 24.0 Å². The van der Waals surface area contributed by atoms with Crippen LogP contribution >= 0.6 is 0 Å². The number of rotatable bonds is 1. The van der Waals surface area contributed by atoms with Crippen molar-refractivity contribution in [2.45, 2.75) is 44.5 Å². The standard InChI is InChI=1S/C26H22O10/c1-10-3-4-12-13(5-10)20(29)23-15(19(12)28)8-26(36-23)9-16(27)14-6-11-7-17(24(31)33-2)34-25(32)18(11)21(30)22(14)35-26/h3,6-7,16,27-30H,4-5,8-9H2,1-2H3. The number of aliphatic hydroxyl groups is 1. The molecule has 36 heavy (non-hydrogen) atoms. The number of phenols is 3. The number of hydrogen-bond acceptors (Lipinski definition) is 10. The SMILES string of the molecule is COC(=O)c1cc2cc3c(c(O)c2c(=O)o1)OC1(Cc2c(O)c4c(c(O)c2O1)CC(C)=CC4)CC3O. The van der Waals surface area contributed by atoms with Gasteiger partial charge in [-0.1, -0.05) is 11.6 Å². The molecule has 2 atom stereocenters. The number of phenolic OH excluding ortho intramolecular Hbond substituents is 3. The van der Waals surface area contributed by atoms with Crippen molar-refractivity contribution in [3.63, 3.8) is 0 Å². The predicted molar refractivity (Wildman–Crippen MR) is 124 cm³/mol. The Hall–Kier alpha value is -4.18. The lowest BCUT2D eigenvalue weighted by Gasteiger charge is -2.37. The summed E-state index contributed by atoms with van der Waals surface area (Å²) in [5, 5.41) is 43.9. The van der Waals surface area contributed by atoms with E-state index in [2.05, 4.69) is 4.74 Å². The minimum Gasteiger partial charge on any atom is -0.507 e. The van der Waals surface area contributed by atoms with Crippen LogP contribution in [0.2, 0.25) is 0 Å². The summed E-state index contributed by atoms with van der Waals surface area (Å²) in [5.41, 5.74) is 1.77. The van der Waals surface area contributed by atoms with E-state index in [1.165, 1.54) is 12.1 Å². The van der Waals surface area contributed by atoms with Crippen LogP contribution in [0, 0.1) is 0 Å². The van der Waals surface area contributed by atoms with Gasteiger partial charge >= 0.3 is 11.6 Å². The molecule has 0 bridgehead atoms. The van der Waals surface area contributed by atoms with Gasteiger partial charge in [0.2, 0.25) is 5.76 Å². The fraction of sp³-hybridized carbons (Fsp3) is 0.308. The molecular weight excluding hydrogens is 472 g/mol. The van der Waals surface area contributed by atoms with Gasteiger partial charge in [-0.25, -0.2) is 9.59 Å². The molecule has 0 radical (unpaired) electrons. The molecule has 2 aromatic carbocycles. The van der Waals surface area contributed by atoms with Crippen molar-refractivity contribution in [2.24, 2.45) is 0 Å². The monoisotopic (exact) mass is 494 g/mol. The van der Waals surface area contributed by atoms with Crippen LogP contribution in [0.15, 0.2) is 33.0 Å². The van der Waals surface area contributed by atoms with E-state index in [9.17, 15) is 30.0 Å². The van der Waals surface area contributed by atoms with E-state index in [0.717, 1.165) is 12.7 Å². The van der Waals surface area contributed by atoms with Crippen LogP contribution < -0.4 is 15.1 Å². The van der Waals surface area contributed by atoms with E-state index >= 15 is 0 Å². The zero-order chi connectivity index (χ0) is 25.5. The summed E-state index contributed by atoms with van der Waals surface area (Å²) in [6, 6.07) is 2.66. The molecule has 1 aliphatic carbocycles. The second-order valence-electron chi connectivity index (χ2n) is 9.40. The lowest BCUT2D eigenvalue weighted by molar-refractivity contribution is -0.139. The number of aliphatic hydroxyl groups excluding tert-OH is 1. The Labute approximate surface area is 203 Å². The highest BCUT2D eigenvalue weighted by atomic mass is 16.7. The topological polar surface area (TPSA) is 156 Å². The molecule has 10 heteroatoms. The minimum atomic E-state index is -1.55. The maximum atomic E-state index is 12.6. The Kier molecular flexibility index (Phi) is 4.59. The number of ether oxygens (including phenoxy) is 3. The van der Waals surface area contributed by atoms with Crippen molar-refractivity contribution in [1.82, 2.24) is 0 Å². The number of esters is 1. The molecule has 2 unspecified atom stereocenters. The van der Waals surface area contributed by atoms with Crippen LogP contribution in [0.25, 0.3) is 10.8 Å². The molecule has 1 aromatic heterocycles. The van der Waals surface area contributed by atoms with Gasteiger partial charge in [-0.15, -0.1) is 0 Å². The first-order valence-electron chi connectivity index (χ1n) is 11.3. The van der Waals surface area contributed by atoms with Crippen LogP contribution in [0.5, 0.6) is 28.7 Å². The summed E-state index contributed by atoms with van der Waals surface area (Å²) < 4.78 is 21.7. The number of methoxy groups -OCH3 is 1. The Morgan fingerprint density at radius 3 is 2.56 bits per heavy atom. The van der Waals surface area contributed by atoms with Crippen LogP contribution in [0.3, 0.4) is 0 Å². The third kappa shape index (κ3) is 3.00. The fourth-order valence-electron chi connectivity index (χ4n) is 5.36. The quantitative estimate of drug-likeness (QED) is 0.225. The zero-order valence-corrected chi connectivity index (χ0v) is 19.4. The second-order valence-corrected chi connectivity index (χ2v) is 9.40. The largest absolute Gasteiger partial charge is 0.507 e. The van der Waals surface area contributed by atoms with Crippen LogP contribution in [-0.4, -0.2) is 39.3 Å². The third-order valence-corrected chi connectivity index (χ3v) is 7.10. The Balaban J connectivity index is 1.45. The smallest absolute Gasteiger partial charge is 0.374 e. The Bertz CT molecular complexity index is 1580. The summed E-state index contributed by atoms with van der Waals surface area (Å²) in [7, 11) is 1.14. The molecular formula is C26H22O10. The lowest BCUT2D eigenvalue weighted by Crippen LogP contribution is -2.45. The highest BCUT2D eigenvalue weighted by Crippen LogP contribution is 2.56. The molecule has 3 aliphatic rings. The zero-order valence-electron chi connectivity index (χ0n) is 19.4. The number of benzene rings is 2. The van der Waals surface area contributed by atoms with Gasteiger partial charge in [0.15, 0.2) is 23.0 Å². The number of carbonyl (C=O) groups excluding carboxylic acids is 1. The molecule has 6 rings (SSSR count). The fourth-order valence-corrected chi connectivity index (χ4v) is 5.36. The molecule has 0 saturated heterocycles. The van der Waals surface area contributed by atoms with E-state index < -0.39 is 29.2 Å². The van der Waals surface area contributed by atoms with E-state index in [1.54, 1.807) is 0 Å². The number of allylic oxidation sites excluding steroid dienone is 2. The van der Waals surface area contributed by atoms with Gasteiger partial charge in [0, 0.05) is 22.3 Å². The average Bonchev–Trinajstić information content (AvgIpc) is 3.21. The van der Waals surface area contributed by atoms with E-state index in [-0.39, 0.29) is 57.9 Å². The van der Waals surface area contributed by atoms with E-state index in [0.29, 0.717) is 29.5 Å². The van der Waals surface area contributed by atoms with Crippen molar-refractivity contribution >= 4 is 16.7 Å². The number of aromatic hydroxyl groups is 3. The van der Waals surface area contributed by atoms with E-state index in [4.69, 9.17) is 13.9 Å². The third-order valence-electron chi connectivity index (χ3n) is 7.10. The Morgan fingerprint density at radius 1 is 1.06 bits per heavy atom. The van der Waals surface area contributed by atoms with Crippen molar-refractivity contribution in [1.29, 1.82) is 0 Å².